The van der Waals surface area contributed by atoms with Crippen LogP contribution in [0.3, 0.4) is 0 Å². The molecule has 1 N–H and O–H groups in total. The second-order valence-electron chi connectivity index (χ2n) is 4.87. The largest absolute Gasteiger partial charge is 0.322 e. The van der Waals surface area contributed by atoms with Crippen molar-refractivity contribution in [1.82, 2.24) is 19.9 Å². The van der Waals surface area contributed by atoms with Crippen LogP contribution in [0.4, 0.5) is 0 Å². The number of aromatic nitrogens is 3. The summed E-state index contributed by atoms with van der Waals surface area (Å²) in [7, 11) is 0. The van der Waals surface area contributed by atoms with Crippen LogP contribution in [0.5, 0.6) is 0 Å². The molecule has 2 aliphatic rings. The van der Waals surface area contributed by atoms with E-state index in [2.05, 4.69) is 21.5 Å². The molecule has 0 saturated heterocycles. The maximum Gasteiger partial charge on any atom is 0.261 e. The van der Waals surface area contributed by atoms with Crippen LogP contribution in [-0.4, -0.2) is 20.5 Å². The summed E-state index contributed by atoms with van der Waals surface area (Å²) >= 11 is 0. The quantitative estimate of drug-likeness (QED) is 0.902. The van der Waals surface area contributed by atoms with E-state index in [1.165, 1.54) is 11.1 Å². The molecule has 0 atom stereocenters. The Morgan fingerprint density at radius 1 is 1.40 bits per heavy atom. The number of rotatable bonds is 2. The third-order valence-corrected chi connectivity index (χ3v) is 3.55. The number of amides is 1. The summed E-state index contributed by atoms with van der Waals surface area (Å²) in [5.74, 6) is -0.168. The summed E-state index contributed by atoms with van der Waals surface area (Å²) in [5.41, 5.74) is 4.62. The third-order valence-electron chi connectivity index (χ3n) is 3.55. The lowest BCUT2D eigenvalue weighted by Gasteiger charge is -2.05. The van der Waals surface area contributed by atoms with Crippen LogP contribution in [0.15, 0.2) is 59.7 Å². The first kappa shape index (κ1) is 11.2. The second-order valence-corrected chi connectivity index (χ2v) is 4.87. The van der Waals surface area contributed by atoms with E-state index in [0.717, 1.165) is 18.5 Å². The fourth-order valence-corrected chi connectivity index (χ4v) is 2.42. The van der Waals surface area contributed by atoms with Crippen molar-refractivity contribution in [1.29, 1.82) is 0 Å². The number of hydrogen-bond donors (Lipinski definition) is 1. The van der Waals surface area contributed by atoms with Crippen molar-refractivity contribution < 1.29 is 4.79 Å². The van der Waals surface area contributed by atoms with E-state index in [1.807, 2.05) is 12.2 Å². The topological polar surface area (TPSA) is 59.3 Å². The highest BCUT2D eigenvalue weighted by molar-refractivity contribution is 6.01. The molecule has 0 aliphatic heterocycles. The first-order valence-electron chi connectivity index (χ1n) is 6.51. The number of carbonyl (C=O) groups is 1. The summed E-state index contributed by atoms with van der Waals surface area (Å²) in [6.07, 6.45) is 13.0. The maximum atomic E-state index is 12.4. The summed E-state index contributed by atoms with van der Waals surface area (Å²) < 4.78 is 1.60. The van der Waals surface area contributed by atoms with Gasteiger partial charge in [0, 0.05) is 18.1 Å². The van der Waals surface area contributed by atoms with E-state index in [9.17, 15) is 4.79 Å². The van der Waals surface area contributed by atoms with Gasteiger partial charge in [0.2, 0.25) is 0 Å². The fourth-order valence-electron chi connectivity index (χ4n) is 2.42. The Labute approximate surface area is 115 Å². The summed E-state index contributed by atoms with van der Waals surface area (Å²) in [5, 5.41) is 7.09. The van der Waals surface area contributed by atoms with Gasteiger partial charge in [-0.2, -0.15) is 5.10 Å². The average Bonchev–Trinajstić information content (AvgIpc) is 3.13. The molecule has 0 unspecified atom stereocenters. The minimum atomic E-state index is -0.168. The van der Waals surface area contributed by atoms with Crippen molar-refractivity contribution in [3.63, 3.8) is 0 Å². The third kappa shape index (κ3) is 1.75. The van der Waals surface area contributed by atoms with E-state index < -0.39 is 0 Å². The number of carbonyl (C=O) groups excluding carboxylic acids is 1. The number of nitrogens with zero attached hydrogens (tertiary/aromatic N) is 3. The number of fused-ring (bicyclic) bond motifs is 1. The van der Waals surface area contributed by atoms with Gasteiger partial charge < -0.3 is 5.32 Å². The van der Waals surface area contributed by atoms with E-state index in [0.29, 0.717) is 11.2 Å². The first-order chi connectivity index (χ1) is 9.83. The molecule has 5 nitrogen and oxygen atoms in total. The fraction of sp³-hybridized carbons (Fsp3) is 0.133. The molecular formula is C15H12N4O. The summed E-state index contributed by atoms with van der Waals surface area (Å²) in [6, 6.07) is 1.78. The smallest absolute Gasteiger partial charge is 0.261 e. The van der Waals surface area contributed by atoms with Gasteiger partial charge in [0.05, 0.1) is 6.20 Å². The molecule has 2 aliphatic carbocycles. The molecule has 0 bridgehead atoms. The van der Waals surface area contributed by atoms with Crippen LogP contribution in [0.2, 0.25) is 0 Å². The molecular weight excluding hydrogens is 252 g/mol. The van der Waals surface area contributed by atoms with Crippen LogP contribution < -0.4 is 5.32 Å². The number of hydrogen-bond acceptors (Lipinski definition) is 3. The van der Waals surface area contributed by atoms with Crippen molar-refractivity contribution >= 4 is 11.6 Å². The predicted molar refractivity (Wildman–Crippen MR) is 73.9 cm³/mol. The molecule has 2 aromatic heterocycles. The summed E-state index contributed by atoms with van der Waals surface area (Å²) in [6.45, 7) is 0. The highest BCUT2D eigenvalue weighted by Crippen LogP contribution is 2.39. The normalized spacial score (nSPS) is 16.7. The van der Waals surface area contributed by atoms with Gasteiger partial charge in [0.1, 0.15) is 5.56 Å². The molecule has 0 aromatic carbocycles. The Morgan fingerprint density at radius 2 is 2.35 bits per heavy atom. The van der Waals surface area contributed by atoms with E-state index in [-0.39, 0.29) is 5.91 Å². The predicted octanol–water partition coefficient (Wildman–Crippen LogP) is 2.00. The highest BCUT2D eigenvalue weighted by Gasteiger charge is 2.26. The standard InChI is InChI=1S/C15H12N4O/c20-15(12-9-17-19-7-3-6-16-14(12)19)18-13-5-2-1-4-10-8-11(10)13/h1-3,5-7,9H,4,8H2,(H,18,20). The van der Waals surface area contributed by atoms with Gasteiger partial charge in [0.15, 0.2) is 5.65 Å². The zero-order valence-corrected chi connectivity index (χ0v) is 10.7. The minimum Gasteiger partial charge on any atom is -0.322 e. The lowest BCUT2D eigenvalue weighted by Crippen LogP contribution is -2.22. The van der Waals surface area contributed by atoms with Gasteiger partial charge in [0.25, 0.3) is 5.91 Å². The van der Waals surface area contributed by atoms with Crippen molar-refractivity contribution in [3.05, 3.63) is 65.3 Å². The molecule has 5 heteroatoms. The number of allylic oxidation sites excluding steroid dienone is 5. The molecule has 98 valence electrons. The zero-order valence-electron chi connectivity index (χ0n) is 10.7. The van der Waals surface area contributed by atoms with Gasteiger partial charge in [-0.05, 0) is 30.6 Å². The van der Waals surface area contributed by atoms with Gasteiger partial charge in [-0.3, -0.25) is 4.79 Å². The van der Waals surface area contributed by atoms with Gasteiger partial charge in [-0.1, -0.05) is 17.7 Å². The molecule has 20 heavy (non-hydrogen) atoms. The van der Waals surface area contributed by atoms with Crippen molar-refractivity contribution in [2.24, 2.45) is 0 Å². The van der Waals surface area contributed by atoms with Crippen molar-refractivity contribution in [2.45, 2.75) is 12.8 Å². The SMILES string of the molecule is O=C(NC1=CC=CCC2=C1C2)c1cnn2cccnc12. The monoisotopic (exact) mass is 264 g/mol. The molecule has 0 spiro atoms. The van der Waals surface area contributed by atoms with Crippen LogP contribution in [0, 0.1) is 0 Å². The van der Waals surface area contributed by atoms with Gasteiger partial charge in [-0.25, -0.2) is 9.50 Å². The zero-order chi connectivity index (χ0) is 13.5. The van der Waals surface area contributed by atoms with Crippen LogP contribution in [-0.2, 0) is 0 Å². The Bertz CT molecular complexity index is 810. The Morgan fingerprint density at radius 3 is 3.30 bits per heavy atom. The maximum absolute atomic E-state index is 12.4. The minimum absolute atomic E-state index is 0.168. The Kier molecular flexibility index (Phi) is 2.32. The van der Waals surface area contributed by atoms with E-state index in [1.54, 1.807) is 29.2 Å². The number of nitrogens with one attached hydrogen (secondary N) is 1. The molecule has 1 amide bonds. The van der Waals surface area contributed by atoms with Crippen molar-refractivity contribution in [2.75, 3.05) is 0 Å². The van der Waals surface area contributed by atoms with E-state index in [4.69, 9.17) is 0 Å². The molecule has 2 heterocycles. The second kappa shape index (κ2) is 4.16. The first-order valence-corrected chi connectivity index (χ1v) is 6.51. The van der Waals surface area contributed by atoms with Gasteiger partial charge >= 0.3 is 0 Å². The molecule has 0 fully saturated rings. The lowest BCUT2D eigenvalue weighted by molar-refractivity contribution is 0.0968. The van der Waals surface area contributed by atoms with Crippen molar-refractivity contribution in [3.8, 4) is 0 Å². The Balaban J connectivity index is 1.65. The molecule has 0 saturated carbocycles. The Hall–Kier alpha value is -2.69. The van der Waals surface area contributed by atoms with Crippen LogP contribution >= 0.6 is 0 Å². The molecule has 4 rings (SSSR count). The van der Waals surface area contributed by atoms with Crippen LogP contribution in [0.1, 0.15) is 23.2 Å². The molecule has 0 radical (unpaired) electrons. The van der Waals surface area contributed by atoms with Crippen LogP contribution in [0.25, 0.3) is 5.65 Å². The highest BCUT2D eigenvalue weighted by atomic mass is 16.1. The van der Waals surface area contributed by atoms with Gasteiger partial charge in [-0.15, -0.1) is 0 Å². The van der Waals surface area contributed by atoms with E-state index >= 15 is 0 Å². The molecule has 2 aromatic rings. The average molecular weight is 264 g/mol. The lowest BCUT2D eigenvalue weighted by atomic mass is 10.2. The summed E-state index contributed by atoms with van der Waals surface area (Å²) in [4.78, 5) is 16.6.